The number of anilines is 2. The second-order valence-corrected chi connectivity index (χ2v) is 14.0. The van der Waals surface area contributed by atoms with Gasteiger partial charge in [0.25, 0.3) is 0 Å². The van der Waals surface area contributed by atoms with E-state index in [1.54, 1.807) is 12.1 Å². The normalized spacial score (nSPS) is 16.9. The lowest BCUT2D eigenvalue weighted by molar-refractivity contribution is -0.252. The minimum Gasteiger partial charge on any atom is -0.397 e. The Morgan fingerprint density at radius 2 is 1.51 bits per heavy atom. The standard InChI is InChI=1S/C45H47N5O5/c46-38-14-4-5-15-39(38)49-44(53)19-3-1-2-18-43(52)47-27-32-10-8-11-34(24-32)35-12-9-13-36(25-35)45-54-37(28-50-30-48-40-16-6-7-17-41(40)50)26-42(55-45)33-22-20-31(29-51)21-23-33/h4-17,20-25,30,37,42,45,51H,1-3,18-19,26-29,46H2,(H,47,52)(H,49,53)/t37-,42+,45+/m0/s1. The molecule has 0 radical (unpaired) electrons. The number of aromatic nitrogens is 2. The number of rotatable bonds is 15. The Labute approximate surface area is 321 Å². The van der Waals surface area contributed by atoms with E-state index in [-0.39, 0.29) is 30.6 Å². The van der Waals surface area contributed by atoms with E-state index in [1.807, 2.05) is 85.2 Å². The van der Waals surface area contributed by atoms with Crippen molar-refractivity contribution in [1.29, 1.82) is 0 Å². The molecule has 0 unspecified atom stereocenters. The van der Waals surface area contributed by atoms with Crippen LogP contribution in [0.25, 0.3) is 22.2 Å². The molecule has 1 saturated heterocycles. The highest BCUT2D eigenvalue weighted by Crippen LogP contribution is 2.39. The molecular weight excluding hydrogens is 691 g/mol. The van der Waals surface area contributed by atoms with Gasteiger partial charge in [-0.05, 0) is 77.1 Å². The van der Waals surface area contributed by atoms with Crippen LogP contribution >= 0.6 is 0 Å². The number of amides is 2. The molecule has 2 amide bonds. The highest BCUT2D eigenvalue weighted by molar-refractivity contribution is 5.93. The minimum absolute atomic E-state index is 0.0101. The Morgan fingerprint density at radius 1 is 0.764 bits per heavy atom. The minimum atomic E-state index is -0.601. The van der Waals surface area contributed by atoms with Crippen LogP contribution in [-0.2, 0) is 38.8 Å². The topological polar surface area (TPSA) is 141 Å². The summed E-state index contributed by atoms with van der Waals surface area (Å²) in [5, 5.41) is 15.5. The van der Waals surface area contributed by atoms with Crippen LogP contribution in [0.15, 0.2) is 128 Å². The van der Waals surface area contributed by atoms with Crippen molar-refractivity contribution in [3.63, 3.8) is 0 Å². The molecular formula is C45H47N5O5. The number of imidazole rings is 1. The third kappa shape index (κ3) is 9.85. The maximum absolute atomic E-state index is 12.7. The van der Waals surface area contributed by atoms with Crippen molar-refractivity contribution < 1.29 is 24.2 Å². The second kappa shape index (κ2) is 18.0. The average Bonchev–Trinajstić information content (AvgIpc) is 3.63. The van der Waals surface area contributed by atoms with Crippen molar-refractivity contribution in [3.05, 3.63) is 150 Å². The summed E-state index contributed by atoms with van der Waals surface area (Å²) in [6, 6.07) is 39.6. The number of hydrogen-bond donors (Lipinski definition) is 4. The van der Waals surface area contributed by atoms with Gasteiger partial charge in [-0.1, -0.05) is 91.3 Å². The lowest BCUT2D eigenvalue weighted by atomic mass is 9.98. The summed E-state index contributed by atoms with van der Waals surface area (Å²) in [6.45, 7) is 1.04. The molecule has 3 atom stereocenters. The van der Waals surface area contributed by atoms with E-state index in [2.05, 4.69) is 50.5 Å². The molecule has 1 aliphatic heterocycles. The van der Waals surface area contributed by atoms with Gasteiger partial charge >= 0.3 is 0 Å². The van der Waals surface area contributed by atoms with Crippen LogP contribution in [0.5, 0.6) is 0 Å². The number of nitrogens with zero attached hydrogens (tertiary/aromatic N) is 2. The molecule has 2 heterocycles. The molecule has 0 aliphatic carbocycles. The largest absolute Gasteiger partial charge is 0.397 e. The van der Waals surface area contributed by atoms with E-state index in [9.17, 15) is 14.7 Å². The van der Waals surface area contributed by atoms with Gasteiger partial charge in [-0.2, -0.15) is 0 Å². The Bertz CT molecular complexity index is 2220. The van der Waals surface area contributed by atoms with Gasteiger partial charge in [0.1, 0.15) is 0 Å². The fraction of sp³-hybridized carbons (Fsp3) is 0.267. The lowest BCUT2D eigenvalue weighted by Crippen LogP contribution is -2.32. The SMILES string of the molecule is Nc1ccccc1NC(=O)CCCCCC(=O)NCc1cccc(-c2cccc([C@@H]3O[C@H](Cn4cnc5ccccc54)C[C@H](c4ccc(CO)cc4)O3)c2)c1. The number of nitrogens with two attached hydrogens (primary N) is 1. The second-order valence-electron chi connectivity index (χ2n) is 14.0. The zero-order valence-corrected chi connectivity index (χ0v) is 30.8. The molecule has 0 bridgehead atoms. The highest BCUT2D eigenvalue weighted by atomic mass is 16.7. The summed E-state index contributed by atoms with van der Waals surface area (Å²) < 4.78 is 15.5. The van der Waals surface area contributed by atoms with Gasteiger partial charge in [-0.3, -0.25) is 9.59 Å². The summed E-state index contributed by atoms with van der Waals surface area (Å²) in [4.78, 5) is 29.5. The van der Waals surface area contributed by atoms with Crippen LogP contribution in [0.1, 0.15) is 73.2 Å². The molecule has 7 rings (SSSR count). The summed E-state index contributed by atoms with van der Waals surface area (Å²) in [7, 11) is 0. The third-order valence-electron chi connectivity index (χ3n) is 9.99. The number of hydrogen-bond acceptors (Lipinski definition) is 7. The van der Waals surface area contributed by atoms with Gasteiger partial charge in [0.15, 0.2) is 6.29 Å². The molecule has 1 aliphatic rings. The third-order valence-corrected chi connectivity index (χ3v) is 9.99. The number of aliphatic hydroxyl groups is 1. The van der Waals surface area contributed by atoms with Gasteiger partial charge in [-0.15, -0.1) is 0 Å². The molecule has 0 spiro atoms. The highest BCUT2D eigenvalue weighted by Gasteiger charge is 2.33. The lowest BCUT2D eigenvalue weighted by Gasteiger charge is -2.36. The first-order valence-electron chi connectivity index (χ1n) is 18.9. The van der Waals surface area contributed by atoms with E-state index >= 15 is 0 Å². The first-order chi connectivity index (χ1) is 26.9. The van der Waals surface area contributed by atoms with Gasteiger partial charge in [0.2, 0.25) is 11.8 Å². The van der Waals surface area contributed by atoms with E-state index in [1.165, 1.54) is 0 Å². The first-order valence-corrected chi connectivity index (χ1v) is 18.9. The van der Waals surface area contributed by atoms with Crippen molar-refractivity contribution in [1.82, 2.24) is 14.9 Å². The summed E-state index contributed by atoms with van der Waals surface area (Å²) in [5.74, 6) is -0.0937. The number of carbonyl (C=O) groups excluding carboxylic acids is 2. The average molecular weight is 738 g/mol. The van der Waals surface area contributed by atoms with E-state index in [0.29, 0.717) is 56.6 Å². The molecule has 6 aromatic rings. The molecule has 55 heavy (non-hydrogen) atoms. The van der Waals surface area contributed by atoms with Gasteiger partial charge < -0.3 is 35.5 Å². The molecule has 0 saturated carbocycles. The first kappa shape index (κ1) is 37.5. The zero-order valence-electron chi connectivity index (χ0n) is 30.8. The Morgan fingerprint density at radius 3 is 2.33 bits per heavy atom. The number of nitrogens with one attached hydrogen (secondary N) is 2. The molecule has 10 nitrogen and oxygen atoms in total. The van der Waals surface area contributed by atoms with Crippen LogP contribution in [0.3, 0.4) is 0 Å². The fourth-order valence-electron chi connectivity index (χ4n) is 6.99. The molecule has 5 aromatic carbocycles. The fourth-order valence-corrected chi connectivity index (χ4v) is 6.99. The van der Waals surface area contributed by atoms with Crippen LogP contribution in [0.4, 0.5) is 11.4 Å². The number of unbranched alkanes of at least 4 members (excludes halogenated alkanes) is 2. The Kier molecular flexibility index (Phi) is 12.3. The number of benzene rings is 5. The summed E-state index contributed by atoms with van der Waals surface area (Å²) >= 11 is 0. The molecule has 1 aromatic heterocycles. The van der Waals surface area contributed by atoms with Gasteiger partial charge in [-0.25, -0.2) is 4.98 Å². The number of aliphatic hydroxyl groups excluding tert-OH is 1. The number of carbonyl (C=O) groups is 2. The maximum atomic E-state index is 12.7. The van der Waals surface area contributed by atoms with Crippen molar-refractivity contribution >= 4 is 34.2 Å². The van der Waals surface area contributed by atoms with Gasteiger partial charge in [0.05, 0.1) is 54.1 Å². The number of para-hydroxylation sites is 4. The predicted octanol–water partition coefficient (Wildman–Crippen LogP) is 8.23. The smallest absolute Gasteiger partial charge is 0.224 e. The molecule has 1 fully saturated rings. The predicted molar refractivity (Wildman–Crippen MR) is 214 cm³/mol. The number of nitrogen functional groups attached to an aromatic ring is 1. The monoisotopic (exact) mass is 737 g/mol. The van der Waals surface area contributed by atoms with Crippen molar-refractivity contribution in [2.45, 2.75) is 76.7 Å². The van der Waals surface area contributed by atoms with E-state index in [4.69, 9.17) is 15.2 Å². The van der Waals surface area contributed by atoms with Crippen LogP contribution in [-0.4, -0.2) is 32.6 Å². The van der Waals surface area contributed by atoms with Crippen LogP contribution in [0, 0.1) is 0 Å². The van der Waals surface area contributed by atoms with Crippen LogP contribution < -0.4 is 16.4 Å². The zero-order chi connectivity index (χ0) is 38.0. The van der Waals surface area contributed by atoms with E-state index in [0.717, 1.165) is 50.8 Å². The van der Waals surface area contributed by atoms with Crippen LogP contribution in [0.2, 0.25) is 0 Å². The van der Waals surface area contributed by atoms with E-state index < -0.39 is 6.29 Å². The van der Waals surface area contributed by atoms with Crippen molar-refractivity contribution in [3.8, 4) is 11.1 Å². The quantitative estimate of drug-likeness (QED) is 0.0615. The number of ether oxygens (including phenoxy) is 2. The van der Waals surface area contributed by atoms with Gasteiger partial charge in [0, 0.05) is 31.4 Å². The molecule has 5 N–H and O–H groups in total. The maximum Gasteiger partial charge on any atom is 0.224 e. The van der Waals surface area contributed by atoms with Crippen molar-refractivity contribution in [2.75, 3.05) is 11.1 Å². The Balaban J connectivity index is 0.958. The summed E-state index contributed by atoms with van der Waals surface area (Å²) in [5.41, 5.74) is 14.9. The molecule has 282 valence electrons. The Hall–Kier alpha value is -5.81. The molecule has 10 heteroatoms. The summed E-state index contributed by atoms with van der Waals surface area (Å²) in [6.07, 6.45) is 4.55. The number of fused-ring (bicyclic) bond motifs is 1. The van der Waals surface area contributed by atoms with Crippen molar-refractivity contribution in [2.24, 2.45) is 0 Å².